The van der Waals surface area contributed by atoms with Crippen molar-refractivity contribution in [1.29, 1.82) is 0 Å². The van der Waals surface area contributed by atoms with Crippen molar-refractivity contribution in [2.24, 2.45) is 0 Å². The Hall–Kier alpha value is -0.393. The van der Waals surface area contributed by atoms with E-state index in [1.165, 1.54) is 0 Å². The molecule has 0 aliphatic heterocycles. The summed E-state index contributed by atoms with van der Waals surface area (Å²) in [6, 6.07) is 0. The first-order chi connectivity index (χ1) is 6.17. The monoisotopic (exact) mass is 206 g/mol. The predicted molar refractivity (Wildman–Crippen MR) is 52.1 cm³/mol. The average molecular weight is 206 g/mol. The Labute approximate surface area is 80.7 Å². The summed E-state index contributed by atoms with van der Waals surface area (Å²) in [5.74, 6) is -0.805. The number of hydrogen-bond acceptors (Lipinski definition) is 3. The van der Waals surface area contributed by atoms with Crippen molar-refractivity contribution in [3.63, 3.8) is 0 Å². The van der Waals surface area contributed by atoms with Crippen LogP contribution >= 0.6 is 0 Å². The molecule has 5 heteroatoms. The zero-order valence-corrected chi connectivity index (χ0v) is 9.60. The predicted octanol–water partition coefficient (Wildman–Crippen LogP) is 1.14. The average Bonchev–Trinajstić information content (AvgIpc) is 2.05. The molecule has 0 aliphatic carbocycles. The van der Waals surface area contributed by atoms with Crippen LogP contribution < -0.4 is 0 Å². The molecule has 0 aromatic carbocycles. The van der Waals surface area contributed by atoms with Gasteiger partial charge >= 0.3 is 15.3 Å². The second-order valence-electron chi connectivity index (χ2n) is 2.63. The van der Waals surface area contributed by atoms with Crippen molar-refractivity contribution in [2.45, 2.75) is 32.7 Å². The first-order valence-electron chi connectivity index (χ1n) is 4.63. The summed E-state index contributed by atoms with van der Waals surface area (Å²) in [6.45, 7) is 6.61. The molecule has 0 radical (unpaired) electrons. The molecule has 78 valence electrons. The molecule has 4 nitrogen and oxygen atoms in total. The smallest absolute Gasteiger partial charge is 0.336 e. The van der Waals surface area contributed by atoms with E-state index in [2.05, 4.69) is 0 Å². The highest BCUT2D eigenvalue weighted by Gasteiger charge is 2.30. The van der Waals surface area contributed by atoms with Crippen LogP contribution in [0.15, 0.2) is 0 Å². The van der Waals surface area contributed by atoms with Gasteiger partial charge in [0, 0.05) is 13.2 Å². The molecule has 0 heterocycles. The summed E-state index contributed by atoms with van der Waals surface area (Å²) in [7, 11) is -2.01. The van der Waals surface area contributed by atoms with Crippen molar-refractivity contribution >= 4 is 15.3 Å². The fourth-order valence-electron chi connectivity index (χ4n) is 1.09. The van der Waals surface area contributed by atoms with Crippen LogP contribution in [0.4, 0.5) is 0 Å². The topological polar surface area (TPSA) is 55.8 Å². The Morgan fingerprint density at radius 3 is 2.00 bits per heavy atom. The first-order valence-corrected chi connectivity index (χ1v) is 6.24. The van der Waals surface area contributed by atoms with Gasteiger partial charge in [-0.2, -0.15) is 0 Å². The largest absolute Gasteiger partial charge is 0.481 e. The number of carboxylic acids is 1. The minimum Gasteiger partial charge on any atom is -0.481 e. The fourth-order valence-corrected chi connectivity index (χ4v) is 2.93. The maximum atomic E-state index is 10.8. The maximum absolute atomic E-state index is 10.8. The van der Waals surface area contributed by atoms with Crippen molar-refractivity contribution < 1.29 is 18.8 Å². The molecule has 0 spiro atoms. The summed E-state index contributed by atoms with van der Waals surface area (Å²) in [4.78, 5) is 10.8. The van der Waals surface area contributed by atoms with Gasteiger partial charge in [-0.15, -0.1) is 0 Å². The van der Waals surface area contributed by atoms with E-state index in [0.29, 0.717) is 19.6 Å². The molecular weight excluding hydrogens is 188 g/mol. The summed E-state index contributed by atoms with van der Waals surface area (Å²) in [5.41, 5.74) is -0.431. The van der Waals surface area contributed by atoms with E-state index in [0.717, 1.165) is 0 Å². The van der Waals surface area contributed by atoms with Crippen LogP contribution in [0, 0.1) is 0 Å². The zero-order chi connectivity index (χ0) is 10.3. The molecule has 0 aromatic rings. The second kappa shape index (κ2) is 7.05. The molecule has 0 aromatic heterocycles. The Morgan fingerprint density at radius 2 is 1.77 bits per heavy atom. The highest BCUT2D eigenvalue weighted by molar-refractivity contribution is 6.51. The van der Waals surface area contributed by atoms with Crippen LogP contribution in [0.1, 0.15) is 27.2 Å². The SMILES string of the molecule is CCO[SiH](OCC)C(CC)C(=O)O. The lowest BCUT2D eigenvalue weighted by Gasteiger charge is -2.19. The van der Waals surface area contributed by atoms with Gasteiger partial charge in [-0.05, 0) is 20.3 Å². The molecule has 0 amide bonds. The van der Waals surface area contributed by atoms with Crippen molar-refractivity contribution in [3.05, 3.63) is 0 Å². The van der Waals surface area contributed by atoms with Gasteiger partial charge in [-0.3, -0.25) is 4.79 Å². The van der Waals surface area contributed by atoms with Crippen molar-refractivity contribution in [1.82, 2.24) is 0 Å². The summed E-state index contributed by atoms with van der Waals surface area (Å²) < 4.78 is 10.7. The number of aliphatic carboxylic acids is 1. The van der Waals surface area contributed by atoms with Gasteiger partial charge in [0.25, 0.3) is 0 Å². The van der Waals surface area contributed by atoms with Crippen LogP contribution in [0.25, 0.3) is 0 Å². The number of carboxylic acid groups (broad SMARTS) is 1. The maximum Gasteiger partial charge on any atom is 0.336 e. The molecule has 0 saturated carbocycles. The Bertz CT molecular complexity index is 145. The number of carbonyl (C=O) groups is 1. The highest BCUT2D eigenvalue weighted by Crippen LogP contribution is 2.17. The number of hydrogen-bond donors (Lipinski definition) is 1. The lowest BCUT2D eigenvalue weighted by atomic mass is 10.3. The van der Waals surface area contributed by atoms with Gasteiger partial charge in [0.05, 0.1) is 5.54 Å². The Balaban J connectivity index is 4.20. The third kappa shape index (κ3) is 4.40. The first kappa shape index (κ1) is 12.6. The lowest BCUT2D eigenvalue weighted by molar-refractivity contribution is -0.137. The minimum absolute atomic E-state index is 0.431. The third-order valence-electron chi connectivity index (χ3n) is 1.75. The minimum atomic E-state index is -2.01. The van der Waals surface area contributed by atoms with Crippen LogP contribution in [-0.2, 0) is 13.6 Å². The van der Waals surface area contributed by atoms with E-state index in [-0.39, 0.29) is 0 Å². The van der Waals surface area contributed by atoms with E-state index >= 15 is 0 Å². The molecule has 0 fully saturated rings. The van der Waals surface area contributed by atoms with Crippen molar-refractivity contribution in [3.8, 4) is 0 Å². The van der Waals surface area contributed by atoms with Gasteiger partial charge < -0.3 is 14.0 Å². The van der Waals surface area contributed by atoms with Gasteiger partial charge in [0.15, 0.2) is 0 Å². The number of rotatable bonds is 7. The summed E-state index contributed by atoms with van der Waals surface area (Å²) in [5, 5.41) is 8.87. The van der Waals surface area contributed by atoms with E-state index in [1.807, 2.05) is 20.8 Å². The van der Waals surface area contributed by atoms with Gasteiger partial charge in [-0.1, -0.05) is 6.92 Å². The quantitative estimate of drug-likeness (QED) is 0.635. The van der Waals surface area contributed by atoms with Gasteiger partial charge in [-0.25, -0.2) is 0 Å². The summed E-state index contributed by atoms with van der Waals surface area (Å²) >= 11 is 0. The van der Waals surface area contributed by atoms with Crippen molar-refractivity contribution in [2.75, 3.05) is 13.2 Å². The fraction of sp³-hybridized carbons (Fsp3) is 0.875. The lowest BCUT2D eigenvalue weighted by Crippen LogP contribution is -2.33. The Morgan fingerprint density at radius 1 is 1.31 bits per heavy atom. The van der Waals surface area contributed by atoms with E-state index in [4.69, 9.17) is 14.0 Å². The van der Waals surface area contributed by atoms with E-state index < -0.39 is 20.8 Å². The highest BCUT2D eigenvalue weighted by atomic mass is 28.3. The molecule has 1 unspecified atom stereocenters. The van der Waals surface area contributed by atoms with Crippen LogP contribution in [0.5, 0.6) is 0 Å². The second-order valence-corrected chi connectivity index (χ2v) is 4.84. The van der Waals surface area contributed by atoms with Crippen LogP contribution in [0.3, 0.4) is 0 Å². The molecule has 0 rings (SSSR count). The van der Waals surface area contributed by atoms with E-state index in [1.54, 1.807) is 0 Å². The van der Waals surface area contributed by atoms with Gasteiger partial charge in [0.2, 0.25) is 0 Å². The third-order valence-corrected chi connectivity index (χ3v) is 4.48. The summed E-state index contributed by atoms with van der Waals surface area (Å²) in [6.07, 6.45) is 0.576. The molecular formula is C8H18O4Si. The van der Waals surface area contributed by atoms with Crippen LogP contribution in [-0.4, -0.2) is 33.6 Å². The Kier molecular flexibility index (Phi) is 6.84. The molecule has 13 heavy (non-hydrogen) atoms. The molecule has 1 atom stereocenters. The molecule has 0 aliphatic rings. The molecule has 1 N–H and O–H groups in total. The normalized spacial score (nSPS) is 13.2. The molecule has 0 saturated heterocycles. The van der Waals surface area contributed by atoms with Gasteiger partial charge in [0.1, 0.15) is 0 Å². The standard InChI is InChI=1S/C8H18O4Si/c1-4-7(8(9)10)13(11-5-2)12-6-3/h7,13H,4-6H2,1-3H3,(H,9,10). The molecule has 0 bridgehead atoms. The van der Waals surface area contributed by atoms with E-state index in [9.17, 15) is 4.79 Å². The van der Waals surface area contributed by atoms with Crippen LogP contribution in [0.2, 0.25) is 5.54 Å². The zero-order valence-electron chi connectivity index (χ0n) is 8.45.